The van der Waals surface area contributed by atoms with Crippen LogP contribution in [0.4, 0.5) is 0 Å². The molecule has 1 aromatic carbocycles. The van der Waals surface area contributed by atoms with Gasteiger partial charge in [-0.1, -0.05) is 6.07 Å². The molecule has 0 aliphatic carbocycles. The second-order valence-electron chi connectivity index (χ2n) is 5.90. The van der Waals surface area contributed by atoms with Crippen molar-refractivity contribution < 1.29 is 31.8 Å². The van der Waals surface area contributed by atoms with Gasteiger partial charge >= 0.3 is 5.97 Å². The molecular formula is C14H19NO7S2. The second-order valence-corrected chi connectivity index (χ2v) is 9.95. The van der Waals surface area contributed by atoms with E-state index in [9.17, 15) is 26.7 Å². The van der Waals surface area contributed by atoms with E-state index in [0.717, 1.165) is 5.56 Å². The number of aliphatic hydroxyl groups excluding tert-OH is 1. The Kier molecular flexibility index (Phi) is 5.05. The monoisotopic (exact) mass is 377 g/mol. The van der Waals surface area contributed by atoms with E-state index in [-0.39, 0.29) is 4.90 Å². The number of hydrogen-bond acceptors (Lipinski definition) is 6. The van der Waals surface area contributed by atoms with Gasteiger partial charge in [0.2, 0.25) is 10.0 Å². The highest BCUT2D eigenvalue weighted by molar-refractivity contribution is 7.92. The van der Waals surface area contributed by atoms with Crippen LogP contribution in [0.25, 0.3) is 0 Å². The molecule has 1 aromatic rings. The largest absolute Gasteiger partial charge is 0.480 e. The fourth-order valence-corrected chi connectivity index (χ4v) is 6.19. The molecule has 1 heterocycles. The topological polar surface area (TPSA) is 129 Å². The van der Waals surface area contributed by atoms with Crippen LogP contribution in [0.1, 0.15) is 11.1 Å². The lowest BCUT2D eigenvalue weighted by Crippen LogP contribution is -2.48. The number of sulfonamides is 1. The van der Waals surface area contributed by atoms with Crippen molar-refractivity contribution in [2.75, 3.05) is 18.1 Å². The van der Waals surface area contributed by atoms with Crippen LogP contribution in [0.15, 0.2) is 23.1 Å². The predicted octanol–water partition coefficient (Wildman–Crippen LogP) is -0.463. The Labute approximate surface area is 140 Å². The standard InChI is InChI=1S/C14H19NO7S2/c1-9-3-4-11(5-10(9)2)24(21,22)15(6-14(17)18)12-7-23(19,20)8-13(12)16/h3-5,12-13,16H,6-8H2,1-2H3,(H,17,18)/t12-,13+/m1/s1. The first-order valence-electron chi connectivity index (χ1n) is 7.13. The smallest absolute Gasteiger partial charge is 0.318 e. The first-order chi connectivity index (χ1) is 10.9. The van der Waals surface area contributed by atoms with Crippen molar-refractivity contribution in [3.05, 3.63) is 29.3 Å². The number of carboxylic acid groups (broad SMARTS) is 1. The van der Waals surface area contributed by atoms with E-state index in [1.807, 2.05) is 0 Å². The van der Waals surface area contributed by atoms with E-state index in [1.165, 1.54) is 12.1 Å². The quantitative estimate of drug-likeness (QED) is 0.710. The Morgan fingerprint density at radius 1 is 1.25 bits per heavy atom. The molecule has 1 saturated heterocycles. The minimum absolute atomic E-state index is 0.136. The highest BCUT2D eigenvalue weighted by atomic mass is 32.2. The first kappa shape index (κ1) is 18.8. The van der Waals surface area contributed by atoms with Gasteiger partial charge in [-0.2, -0.15) is 4.31 Å². The predicted molar refractivity (Wildman–Crippen MR) is 85.9 cm³/mol. The molecule has 24 heavy (non-hydrogen) atoms. The van der Waals surface area contributed by atoms with E-state index >= 15 is 0 Å². The molecule has 0 amide bonds. The number of aliphatic hydroxyl groups is 1. The molecule has 8 nitrogen and oxygen atoms in total. The summed E-state index contributed by atoms with van der Waals surface area (Å²) < 4.78 is 49.6. The van der Waals surface area contributed by atoms with Crippen molar-refractivity contribution in [1.29, 1.82) is 0 Å². The van der Waals surface area contributed by atoms with Crippen molar-refractivity contribution >= 4 is 25.8 Å². The number of hydrogen-bond donors (Lipinski definition) is 2. The van der Waals surface area contributed by atoms with Crippen LogP contribution < -0.4 is 0 Å². The summed E-state index contributed by atoms with van der Waals surface area (Å²) in [6.45, 7) is 2.59. The molecule has 0 radical (unpaired) electrons. The van der Waals surface area contributed by atoms with Crippen molar-refractivity contribution in [1.82, 2.24) is 4.31 Å². The molecule has 0 unspecified atom stereocenters. The third-order valence-corrected chi connectivity index (χ3v) is 7.61. The second kappa shape index (κ2) is 6.43. The van der Waals surface area contributed by atoms with Gasteiger partial charge in [0.25, 0.3) is 0 Å². The zero-order valence-electron chi connectivity index (χ0n) is 13.2. The summed E-state index contributed by atoms with van der Waals surface area (Å²) in [6, 6.07) is 3.00. The SMILES string of the molecule is Cc1ccc(S(=O)(=O)N(CC(=O)O)[C@@H]2CS(=O)(=O)C[C@@H]2O)cc1C. The van der Waals surface area contributed by atoms with Crippen molar-refractivity contribution in [2.24, 2.45) is 0 Å². The van der Waals surface area contributed by atoms with Crippen molar-refractivity contribution in [3.8, 4) is 0 Å². The van der Waals surface area contributed by atoms with Crippen LogP contribution >= 0.6 is 0 Å². The van der Waals surface area contributed by atoms with Gasteiger partial charge in [-0.3, -0.25) is 4.79 Å². The number of aryl methyl sites for hydroxylation is 2. The van der Waals surface area contributed by atoms with Crippen LogP contribution in [-0.4, -0.2) is 67.5 Å². The number of rotatable bonds is 5. The van der Waals surface area contributed by atoms with Crippen LogP contribution in [-0.2, 0) is 24.7 Å². The molecule has 1 fully saturated rings. The number of carboxylic acids is 1. The molecule has 134 valence electrons. The summed E-state index contributed by atoms with van der Waals surface area (Å²) in [5.74, 6) is -2.62. The van der Waals surface area contributed by atoms with E-state index < -0.39 is 56.0 Å². The van der Waals surface area contributed by atoms with Gasteiger partial charge in [0.1, 0.15) is 6.54 Å². The maximum absolute atomic E-state index is 12.8. The lowest BCUT2D eigenvalue weighted by Gasteiger charge is -2.28. The number of aliphatic carboxylic acids is 1. The normalized spacial score (nSPS) is 23.5. The number of carbonyl (C=O) groups is 1. The number of benzene rings is 1. The third kappa shape index (κ3) is 3.77. The summed E-state index contributed by atoms with van der Waals surface area (Å²) in [6.07, 6.45) is -1.46. The maximum Gasteiger partial charge on any atom is 0.318 e. The third-order valence-electron chi connectivity index (χ3n) is 4.04. The molecule has 0 aromatic heterocycles. The van der Waals surface area contributed by atoms with Crippen LogP contribution in [0, 0.1) is 13.8 Å². The highest BCUT2D eigenvalue weighted by Crippen LogP contribution is 2.26. The molecule has 0 saturated carbocycles. The summed E-state index contributed by atoms with van der Waals surface area (Å²) in [5, 5.41) is 19.0. The minimum Gasteiger partial charge on any atom is -0.480 e. The fraction of sp³-hybridized carbons (Fsp3) is 0.500. The van der Waals surface area contributed by atoms with E-state index in [2.05, 4.69) is 0 Å². The van der Waals surface area contributed by atoms with Gasteiger partial charge in [0.15, 0.2) is 9.84 Å². The van der Waals surface area contributed by atoms with E-state index in [1.54, 1.807) is 19.9 Å². The molecule has 2 atom stereocenters. The summed E-state index contributed by atoms with van der Waals surface area (Å²) in [4.78, 5) is 11.0. The molecule has 1 aliphatic rings. The molecular weight excluding hydrogens is 358 g/mol. The number of nitrogens with zero attached hydrogens (tertiary/aromatic N) is 1. The van der Waals surface area contributed by atoms with Crippen LogP contribution in [0.3, 0.4) is 0 Å². The van der Waals surface area contributed by atoms with Gasteiger partial charge in [-0.25, -0.2) is 16.8 Å². The van der Waals surface area contributed by atoms with Gasteiger partial charge < -0.3 is 10.2 Å². The Hall–Kier alpha value is -1.49. The zero-order chi connectivity index (χ0) is 18.3. The van der Waals surface area contributed by atoms with E-state index in [0.29, 0.717) is 9.87 Å². The molecule has 2 rings (SSSR count). The van der Waals surface area contributed by atoms with Gasteiger partial charge in [-0.05, 0) is 37.1 Å². The average Bonchev–Trinajstić information content (AvgIpc) is 2.71. The fourth-order valence-electron chi connectivity index (χ4n) is 2.61. The summed E-state index contributed by atoms with van der Waals surface area (Å²) >= 11 is 0. The zero-order valence-corrected chi connectivity index (χ0v) is 14.8. The minimum atomic E-state index is -4.27. The van der Waals surface area contributed by atoms with Crippen LogP contribution in [0.2, 0.25) is 0 Å². The Bertz CT molecular complexity index is 861. The first-order valence-corrected chi connectivity index (χ1v) is 10.4. The molecule has 0 spiro atoms. The number of sulfone groups is 1. The van der Waals surface area contributed by atoms with Crippen LogP contribution in [0.5, 0.6) is 0 Å². The summed E-state index contributed by atoms with van der Waals surface area (Å²) in [7, 11) is -7.91. The van der Waals surface area contributed by atoms with Gasteiger partial charge in [-0.15, -0.1) is 0 Å². The van der Waals surface area contributed by atoms with Crippen molar-refractivity contribution in [2.45, 2.75) is 30.9 Å². The average molecular weight is 377 g/mol. The molecule has 10 heteroatoms. The Balaban J connectivity index is 2.50. The molecule has 1 aliphatic heterocycles. The summed E-state index contributed by atoms with van der Waals surface area (Å²) in [5.41, 5.74) is 1.56. The lowest BCUT2D eigenvalue weighted by molar-refractivity contribution is -0.137. The van der Waals surface area contributed by atoms with Crippen molar-refractivity contribution in [3.63, 3.8) is 0 Å². The Morgan fingerprint density at radius 2 is 1.88 bits per heavy atom. The van der Waals surface area contributed by atoms with Gasteiger partial charge in [0, 0.05) is 0 Å². The van der Waals surface area contributed by atoms with Gasteiger partial charge in [0.05, 0.1) is 28.5 Å². The molecule has 0 bridgehead atoms. The maximum atomic E-state index is 12.8. The van der Waals surface area contributed by atoms with E-state index in [4.69, 9.17) is 5.11 Å². The molecule has 2 N–H and O–H groups in total. The lowest BCUT2D eigenvalue weighted by atomic mass is 10.1. The highest BCUT2D eigenvalue weighted by Gasteiger charge is 2.45. The Morgan fingerprint density at radius 3 is 2.33 bits per heavy atom.